The summed E-state index contributed by atoms with van der Waals surface area (Å²) < 4.78 is 0. The summed E-state index contributed by atoms with van der Waals surface area (Å²) in [5, 5.41) is 2.73. The van der Waals surface area contributed by atoms with Gasteiger partial charge in [0.15, 0.2) is 0 Å². The van der Waals surface area contributed by atoms with Gasteiger partial charge >= 0.3 is 0 Å². The lowest BCUT2D eigenvalue weighted by atomic mass is 10.2. The van der Waals surface area contributed by atoms with Gasteiger partial charge in [0.2, 0.25) is 11.8 Å². The minimum Gasteiger partial charge on any atom is -0.352 e. The van der Waals surface area contributed by atoms with Crippen LogP contribution in [0.4, 0.5) is 0 Å². The first kappa shape index (κ1) is 16.2. The predicted molar refractivity (Wildman–Crippen MR) is 77.7 cm³/mol. The molecule has 0 aliphatic carbocycles. The average molecular weight is 278 g/mol. The van der Waals surface area contributed by atoms with E-state index < -0.39 is 6.04 Å². The van der Waals surface area contributed by atoms with Crippen LogP contribution in [0.2, 0.25) is 0 Å². The molecular formula is C14H22N4O2. The maximum Gasteiger partial charge on any atom is 0.240 e. The molecule has 0 radical (unpaired) electrons. The highest BCUT2D eigenvalue weighted by molar-refractivity contribution is 5.82. The molecule has 110 valence electrons. The van der Waals surface area contributed by atoms with Gasteiger partial charge in [0.05, 0.1) is 12.6 Å². The summed E-state index contributed by atoms with van der Waals surface area (Å²) in [5.41, 5.74) is 5.71. The average Bonchev–Trinajstić information content (AvgIpc) is 2.45. The molecule has 1 fully saturated rings. The molecule has 0 aromatic carbocycles. The molecule has 0 spiro atoms. The van der Waals surface area contributed by atoms with E-state index in [9.17, 15) is 9.59 Å². The molecule has 1 aliphatic rings. The van der Waals surface area contributed by atoms with Crippen LogP contribution in [0.25, 0.3) is 0 Å². The third kappa shape index (κ3) is 5.03. The maximum atomic E-state index is 12.0. The maximum absolute atomic E-state index is 12.0. The van der Waals surface area contributed by atoms with Gasteiger partial charge in [-0.2, -0.15) is 0 Å². The van der Waals surface area contributed by atoms with Crippen molar-refractivity contribution in [3.63, 3.8) is 0 Å². The Kier molecular flexibility index (Phi) is 6.77. The molecule has 0 aromatic rings. The molecule has 0 aromatic heterocycles. The second-order valence-electron chi connectivity index (χ2n) is 4.71. The second-order valence-corrected chi connectivity index (χ2v) is 4.71. The fourth-order valence-electron chi connectivity index (χ4n) is 2.02. The number of amides is 2. The lowest BCUT2D eigenvalue weighted by molar-refractivity contribution is -0.134. The Bertz CT molecular complexity index is 394. The minimum atomic E-state index is -0.623. The molecule has 0 bridgehead atoms. The highest BCUT2D eigenvalue weighted by Crippen LogP contribution is 2.04. The summed E-state index contributed by atoms with van der Waals surface area (Å²) in [4.78, 5) is 27.2. The van der Waals surface area contributed by atoms with Crippen LogP contribution in [0.5, 0.6) is 0 Å². The van der Waals surface area contributed by atoms with Crippen LogP contribution >= 0.6 is 0 Å². The van der Waals surface area contributed by atoms with E-state index in [2.05, 4.69) is 17.8 Å². The molecule has 6 heteroatoms. The van der Waals surface area contributed by atoms with Gasteiger partial charge in [-0.15, -0.1) is 18.9 Å². The highest BCUT2D eigenvalue weighted by Gasteiger charge is 2.25. The second kappa shape index (κ2) is 8.35. The molecule has 3 N–H and O–H groups in total. The summed E-state index contributed by atoms with van der Waals surface area (Å²) in [5.74, 6) is 2.25. The fraction of sp³-hybridized carbons (Fsp3) is 0.571. The zero-order valence-corrected chi connectivity index (χ0v) is 11.7. The van der Waals surface area contributed by atoms with E-state index in [-0.39, 0.29) is 18.2 Å². The van der Waals surface area contributed by atoms with E-state index in [0.29, 0.717) is 39.3 Å². The zero-order chi connectivity index (χ0) is 15.0. The van der Waals surface area contributed by atoms with Gasteiger partial charge in [0.1, 0.15) is 0 Å². The molecule has 1 heterocycles. The van der Waals surface area contributed by atoms with Crippen molar-refractivity contribution in [3.05, 3.63) is 12.7 Å². The normalized spacial score (nSPS) is 17.1. The number of nitrogens with two attached hydrogens (primary N) is 1. The Hall–Kier alpha value is -1.84. The van der Waals surface area contributed by atoms with E-state index in [1.165, 1.54) is 0 Å². The van der Waals surface area contributed by atoms with Crippen molar-refractivity contribution < 1.29 is 9.59 Å². The van der Waals surface area contributed by atoms with Crippen LogP contribution in [0, 0.1) is 12.3 Å². The number of hydrogen-bond donors (Lipinski definition) is 2. The Morgan fingerprint density at radius 3 is 2.60 bits per heavy atom. The summed E-state index contributed by atoms with van der Waals surface area (Å²) in [6, 6.07) is -0.623. The Balaban J connectivity index is 2.33. The number of nitrogens with zero attached hydrogens (tertiary/aromatic N) is 2. The van der Waals surface area contributed by atoms with Gasteiger partial charge in [-0.3, -0.25) is 14.5 Å². The zero-order valence-electron chi connectivity index (χ0n) is 11.7. The van der Waals surface area contributed by atoms with Crippen LogP contribution in [0.3, 0.4) is 0 Å². The molecule has 20 heavy (non-hydrogen) atoms. The SMILES string of the molecule is C#CCC(N)C(=O)N1CCN(CC(=O)NCC=C)CC1. The number of carbonyl (C=O) groups excluding carboxylic acids is 2. The van der Waals surface area contributed by atoms with E-state index in [1.807, 2.05) is 4.90 Å². The van der Waals surface area contributed by atoms with Gasteiger partial charge in [0.25, 0.3) is 0 Å². The molecule has 1 unspecified atom stereocenters. The van der Waals surface area contributed by atoms with Crippen molar-refractivity contribution in [2.45, 2.75) is 12.5 Å². The van der Waals surface area contributed by atoms with Crippen molar-refractivity contribution >= 4 is 11.8 Å². The topological polar surface area (TPSA) is 78.7 Å². The molecule has 1 saturated heterocycles. The number of rotatable bonds is 6. The van der Waals surface area contributed by atoms with Crippen molar-refractivity contribution in [2.24, 2.45) is 5.73 Å². The lowest BCUT2D eigenvalue weighted by Gasteiger charge is -2.35. The number of hydrogen-bond acceptors (Lipinski definition) is 4. The van der Waals surface area contributed by atoms with Crippen molar-refractivity contribution in [2.75, 3.05) is 39.3 Å². The molecular weight excluding hydrogens is 256 g/mol. The number of terminal acetylenes is 1. The largest absolute Gasteiger partial charge is 0.352 e. The molecule has 6 nitrogen and oxygen atoms in total. The minimum absolute atomic E-state index is 0.0336. The Morgan fingerprint density at radius 2 is 2.05 bits per heavy atom. The van der Waals surface area contributed by atoms with Gasteiger partial charge in [-0.1, -0.05) is 6.08 Å². The molecule has 2 amide bonds. The standard InChI is InChI=1S/C14H22N4O2/c1-3-5-12(15)14(20)18-9-7-17(8-10-18)11-13(19)16-6-4-2/h1,4,12H,2,5-11,15H2,(H,16,19). The molecule has 0 saturated carbocycles. The van der Waals surface area contributed by atoms with Crippen LogP contribution in [-0.4, -0.2) is 66.9 Å². The Morgan fingerprint density at radius 1 is 1.40 bits per heavy atom. The van der Waals surface area contributed by atoms with Crippen LogP contribution in [0.15, 0.2) is 12.7 Å². The molecule has 1 atom stereocenters. The smallest absolute Gasteiger partial charge is 0.240 e. The first-order chi connectivity index (χ1) is 9.58. The van der Waals surface area contributed by atoms with E-state index in [0.717, 1.165) is 0 Å². The van der Waals surface area contributed by atoms with Crippen LogP contribution < -0.4 is 11.1 Å². The van der Waals surface area contributed by atoms with Gasteiger partial charge in [0, 0.05) is 39.1 Å². The van der Waals surface area contributed by atoms with Gasteiger partial charge in [-0.25, -0.2) is 0 Å². The number of carbonyl (C=O) groups is 2. The van der Waals surface area contributed by atoms with Gasteiger partial charge < -0.3 is 16.0 Å². The fourth-order valence-corrected chi connectivity index (χ4v) is 2.02. The molecule has 1 aliphatic heterocycles. The Labute approximate surface area is 120 Å². The highest BCUT2D eigenvalue weighted by atomic mass is 16.2. The first-order valence-electron chi connectivity index (χ1n) is 6.66. The monoisotopic (exact) mass is 278 g/mol. The number of nitrogens with one attached hydrogen (secondary N) is 1. The van der Waals surface area contributed by atoms with E-state index in [1.54, 1.807) is 11.0 Å². The number of piperazine rings is 1. The van der Waals surface area contributed by atoms with Crippen molar-refractivity contribution in [1.29, 1.82) is 0 Å². The van der Waals surface area contributed by atoms with Crippen molar-refractivity contribution in [1.82, 2.24) is 15.1 Å². The lowest BCUT2D eigenvalue weighted by Crippen LogP contribution is -2.54. The van der Waals surface area contributed by atoms with Crippen LogP contribution in [0.1, 0.15) is 6.42 Å². The van der Waals surface area contributed by atoms with Crippen molar-refractivity contribution in [3.8, 4) is 12.3 Å². The summed E-state index contributed by atoms with van der Waals surface area (Å²) in [7, 11) is 0. The third-order valence-corrected chi connectivity index (χ3v) is 3.15. The first-order valence-corrected chi connectivity index (χ1v) is 6.66. The summed E-state index contributed by atoms with van der Waals surface area (Å²) in [6.45, 7) is 6.83. The van der Waals surface area contributed by atoms with E-state index >= 15 is 0 Å². The predicted octanol–water partition coefficient (Wildman–Crippen LogP) is -1.22. The van der Waals surface area contributed by atoms with Gasteiger partial charge in [-0.05, 0) is 0 Å². The quantitative estimate of drug-likeness (QED) is 0.472. The summed E-state index contributed by atoms with van der Waals surface area (Å²) >= 11 is 0. The summed E-state index contributed by atoms with van der Waals surface area (Å²) in [6.07, 6.45) is 7.05. The van der Waals surface area contributed by atoms with E-state index in [4.69, 9.17) is 12.2 Å². The van der Waals surface area contributed by atoms with Crippen LogP contribution in [-0.2, 0) is 9.59 Å². The third-order valence-electron chi connectivity index (χ3n) is 3.15. The molecule has 1 rings (SSSR count).